The topological polar surface area (TPSA) is 52.5 Å². The molecule has 1 heterocycles. The van der Waals surface area contributed by atoms with Crippen LogP contribution in [-0.2, 0) is 0 Å². The molecule has 1 aliphatic heterocycles. The summed E-state index contributed by atoms with van der Waals surface area (Å²) in [5.74, 6) is 1.81. The van der Waals surface area contributed by atoms with Gasteiger partial charge in [-0.1, -0.05) is 89.2 Å². The summed E-state index contributed by atoms with van der Waals surface area (Å²) < 4.78 is 0. The molecule has 0 spiro atoms. The molecule has 0 aromatic heterocycles. The van der Waals surface area contributed by atoms with E-state index in [9.17, 15) is 10.2 Å². The van der Waals surface area contributed by atoms with Gasteiger partial charge in [0.25, 0.3) is 0 Å². The second-order valence-electron chi connectivity index (χ2n) is 13.5. The lowest BCUT2D eigenvalue weighted by molar-refractivity contribution is -0.102. The van der Waals surface area contributed by atoms with Crippen LogP contribution in [0, 0.1) is 23.7 Å². The van der Waals surface area contributed by atoms with Crippen LogP contribution < -0.4 is 5.32 Å². The van der Waals surface area contributed by atoms with Crippen molar-refractivity contribution in [1.82, 2.24) is 5.32 Å². The second kappa shape index (κ2) is 12.4. The first kappa shape index (κ1) is 26.8. The molecule has 5 rings (SSSR count). The predicted octanol–water partition coefficient (Wildman–Crippen LogP) is 7.96. The van der Waals surface area contributed by atoms with E-state index in [4.69, 9.17) is 0 Å². The molecule has 0 radical (unpaired) electrons. The zero-order valence-corrected chi connectivity index (χ0v) is 23.1. The number of hydrogen-bond donors (Lipinski definition) is 3. The maximum absolute atomic E-state index is 12.4. The van der Waals surface area contributed by atoms with E-state index >= 15 is 0 Å². The molecule has 1 atom stereocenters. The molecule has 5 aliphatic rings. The number of hydrogen-bond acceptors (Lipinski definition) is 3. The SMILES string of the molecule is OC(CC1=CC=CC(CC(O)(C2CCCCC2)C2CCCCC2)N1)(C1CCCCC1)C1CCCCC1. The fraction of sp³-hybridized carbons (Fsp3) is 0.879. The lowest BCUT2D eigenvalue weighted by atomic mass is 9.63. The summed E-state index contributed by atoms with van der Waals surface area (Å²) in [5, 5.41) is 28.7. The van der Waals surface area contributed by atoms with Crippen molar-refractivity contribution in [3.05, 3.63) is 23.9 Å². The zero-order chi connectivity index (χ0) is 24.8. The first-order valence-electron chi connectivity index (χ1n) is 16.2. The van der Waals surface area contributed by atoms with Gasteiger partial charge in [0.05, 0.1) is 11.2 Å². The summed E-state index contributed by atoms with van der Waals surface area (Å²) in [5.41, 5.74) is 0.100. The molecule has 1 unspecified atom stereocenters. The van der Waals surface area contributed by atoms with Gasteiger partial charge in [0, 0.05) is 24.6 Å². The summed E-state index contributed by atoms with van der Waals surface area (Å²) in [7, 11) is 0. The van der Waals surface area contributed by atoms with Gasteiger partial charge in [-0.2, -0.15) is 0 Å². The molecule has 0 bridgehead atoms. The van der Waals surface area contributed by atoms with E-state index in [0.717, 1.165) is 12.8 Å². The number of allylic oxidation sites excluding steroid dienone is 2. The molecule has 3 heteroatoms. The third-order valence-corrected chi connectivity index (χ3v) is 11.3. The average Bonchev–Trinajstić information content (AvgIpc) is 2.95. The highest BCUT2D eigenvalue weighted by molar-refractivity contribution is 5.23. The maximum atomic E-state index is 12.4. The molecule has 0 aromatic rings. The predicted molar refractivity (Wildman–Crippen MR) is 150 cm³/mol. The van der Waals surface area contributed by atoms with Crippen LogP contribution in [0.1, 0.15) is 141 Å². The highest BCUT2D eigenvalue weighted by Crippen LogP contribution is 2.48. The molecular formula is C33H55NO2. The van der Waals surface area contributed by atoms with E-state index in [2.05, 4.69) is 23.5 Å². The lowest BCUT2D eigenvalue weighted by Crippen LogP contribution is -2.52. The van der Waals surface area contributed by atoms with E-state index in [1.807, 2.05) is 0 Å². The van der Waals surface area contributed by atoms with E-state index in [1.54, 1.807) is 0 Å². The highest BCUT2D eigenvalue weighted by Gasteiger charge is 2.47. The minimum atomic E-state index is -0.571. The first-order valence-corrected chi connectivity index (χ1v) is 16.2. The van der Waals surface area contributed by atoms with Crippen LogP contribution in [0.5, 0.6) is 0 Å². The van der Waals surface area contributed by atoms with Gasteiger partial charge in [0.2, 0.25) is 0 Å². The van der Waals surface area contributed by atoms with Crippen molar-refractivity contribution in [1.29, 1.82) is 0 Å². The van der Waals surface area contributed by atoms with Crippen molar-refractivity contribution in [3.63, 3.8) is 0 Å². The Morgan fingerprint density at radius 3 is 1.39 bits per heavy atom. The zero-order valence-electron chi connectivity index (χ0n) is 23.1. The van der Waals surface area contributed by atoms with Gasteiger partial charge in [-0.25, -0.2) is 0 Å². The molecule has 36 heavy (non-hydrogen) atoms. The molecule has 4 aliphatic carbocycles. The van der Waals surface area contributed by atoms with Crippen molar-refractivity contribution < 1.29 is 10.2 Å². The van der Waals surface area contributed by atoms with Gasteiger partial charge < -0.3 is 15.5 Å². The van der Waals surface area contributed by atoms with Crippen molar-refractivity contribution >= 4 is 0 Å². The molecule has 3 nitrogen and oxygen atoms in total. The van der Waals surface area contributed by atoms with Crippen molar-refractivity contribution in [2.75, 3.05) is 0 Å². The largest absolute Gasteiger partial charge is 0.389 e. The lowest BCUT2D eigenvalue weighted by Gasteiger charge is -2.48. The third-order valence-electron chi connectivity index (χ3n) is 11.3. The van der Waals surface area contributed by atoms with E-state index in [1.165, 1.54) is 134 Å². The van der Waals surface area contributed by atoms with Gasteiger partial charge >= 0.3 is 0 Å². The average molecular weight is 498 g/mol. The van der Waals surface area contributed by atoms with Crippen LogP contribution in [0.25, 0.3) is 0 Å². The number of nitrogens with one attached hydrogen (secondary N) is 1. The summed E-state index contributed by atoms with van der Waals surface area (Å²) in [6.07, 6.45) is 33.6. The number of aliphatic hydroxyl groups is 2. The van der Waals surface area contributed by atoms with Crippen LogP contribution in [0.2, 0.25) is 0 Å². The molecule has 204 valence electrons. The monoisotopic (exact) mass is 497 g/mol. The molecule has 4 saturated carbocycles. The summed E-state index contributed by atoms with van der Waals surface area (Å²) in [6.45, 7) is 0. The normalized spacial score (nSPS) is 28.6. The summed E-state index contributed by atoms with van der Waals surface area (Å²) in [6, 6.07) is 0.181. The van der Waals surface area contributed by atoms with Gasteiger partial charge in [0.15, 0.2) is 0 Å². The molecular weight excluding hydrogens is 442 g/mol. The molecule has 0 saturated heterocycles. The van der Waals surface area contributed by atoms with E-state index in [-0.39, 0.29) is 6.04 Å². The van der Waals surface area contributed by atoms with E-state index in [0.29, 0.717) is 23.7 Å². The second-order valence-corrected chi connectivity index (χ2v) is 13.5. The first-order chi connectivity index (χ1) is 17.6. The Balaban J connectivity index is 1.30. The summed E-state index contributed by atoms with van der Waals surface area (Å²) >= 11 is 0. The van der Waals surface area contributed by atoms with Crippen LogP contribution in [0.3, 0.4) is 0 Å². The van der Waals surface area contributed by atoms with Crippen molar-refractivity contribution in [2.24, 2.45) is 23.7 Å². The van der Waals surface area contributed by atoms with E-state index < -0.39 is 11.2 Å². The Morgan fingerprint density at radius 1 is 0.583 bits per heavy atom. The Bertz CT molecular complexity index is 697. The number of rotatable bonds is 8. The fourth-order valence-corrected chi connectivity index (χ4v) is 9.23. The highest BCUT2D eigenvalue weighted by atomic mass is 16.3. The minimum absolute atomic E-state index is 0.181. The Morgan fingerprint density at radius 2 is 0.972 bits per heavy atom. The molecule has 0 amide bonds. The van der Waals surface area contributed by atoms with Gasteiger partial charge in [-0.05, 0) is 81.1 Å². The van der Waals surface area contributed by atoms with Crippen LogP contribution in [0.15, 0.2) is 23.9 Å². The third kappa shape index (κ3) is 6.09. The molecule has 3 N–H and O–H groups in total. The Labute approximate surface area is 221 Å². The van der Waals surface area contributed by atoms with Crippen molar-refractivity contribution in [2.45, 2.75) is 159 Å². The quantitative estimate of drug-likeness (QED) is 0.319. The Hall–Kier alpha value is -0.800. The fourth-order valence-electron chi connectivity index (χ4n) is 9.23. The van der Waals surface area contributed by atoms with Gasteiger partial charge in [-0.15, -0.1) is 0 Å². The standard InChI is InChI=1S/C33H55NO2/c35-32(26-14-5-1-6-15-26,27-16-7-2-8-17-27)24-30-22-13-23-31(34-30)25-33(36,28-18-9-3-10-19-28)29-20-11-4-12-21-29/h13,22-23,26-30,34-36H,1-12,14-21,24-25H2. The molecule has 0 aromatic carbocycles. The van der Waals surface area contributed by atoms with Gasteiger partial charge in [0.1, 0.15) is 0 Å². The minimum Gasteiger partial charge on any atom is -0.389 e. The van der Waals surface area contributed by atoms with Crippen molar-refractivity contribution in [3.8, 4) is 0 Å². The smallest absolute Gasteiger partial charge is 0.0758 e. The molecule has 4 fully saturated rings. The number of dihydropyridines is 1. The van der Waals surface area contributed by atoms with Crippen LogP contribution >= 0.6 is 0 Å². The van der Waals surface area contributed by atoms with Gasteiger partial charge in [-0.3, -0.25) is 0 Å². The van der Waals surface area contributed by atoms with Crippen LogP contribution in [0.4, 0.5) is 0 Å². The Kier molecular flexibility index (Phi) is 9.21. The maximum Gasteiger partial charge on any atom is 0.0758 e. The van der Waals surface area contributed by atoms with Crippen LogP contribution in [-0.4, -0.2) is 27.5 Å². The summed E-state index contributed by atoms with van der Waals surface area (Å²) in [4.78, 5) is 0.